The smallest absolute Gasteiger partial charge is 0.255 e. The molecule has 0 unspecified atom stereocenters. The van der Waals surface area contributed by atoms with Gasteiger partial charge in [0.15, 0.2) is 0 Å². The number of rotatable bonds is 8. The number of ether oxygens (including phenoxy) is 1. The van der Waals surface area contributed by atoms with Crippen molar-refractivity contribution < 1.29 is 9.53 Å². The Kier molecular flexibility index (Phi) is 7.56. The van der Waals surface area contributed by atoms with Crippen LogP contribution >= 0.6 is 22.6 Å². The van der Waals surface area contributed by atoms with E-state index < -0.39 is 0 Å². The van der Waals surface area contributed by atoms with Crippen molar-refractivity contribution in [1.29, 1.82) is 0 Å². The second-order valence-corrected chi connectivity index (χ2v) is 7.09. The Hall–Kier alpha value is -1.56. The van der Waals surface area contributed by atoms with Crippen LogP contribution in [0.3, 0.4) is 0 Å². The number of anilines is 1. The lowest BCUT2D eigenvalue weighted by Gasteiger charge is -2.10. The molecule has 1 N–H and O–H groups in total. The van der Waals surface area contributed by atoms with E-state index in [1.807, 2.05) is 37.3 Å². The predicted molar refractivity (Wildman–Crippen MR) is 108 cm³/mol. The molecule has 0 radical (unpaired) electrons. The molecule has 0 bridgehead atoms. The third kappa shape index (κ3) is 5.82. The van der Waals surface area contributed by atoms with Crippen molar-refractivity contribution in [3.63, 3.8) is 0 Å². The van der Waals surface area contributed by atoms with E-state index in [-0.39, 0.29) is 5.91 Å². The Morgan fingerprint density at radius 1 is 1.08 bits per heavy atom. The summed E-state index contributed by atoms with van der Waals surface area (Å²) in [6.07, 6.45) is 4.75. The molecule has 0 spiro atoms. The number of amides is 1. The van der Waals surface area contributed by atoms with Crippen LogP contribution in [-0.2, 0) is 0 Å². The van der Waals surface area contributed by atoms with Crippen molar-refractivity contribution >= 4 is 34.2 Å². The Morgan fingerprint density at radius 2 is 1.83 bits per heavy atom. The van der Waals surface area contributed by atoms with E-state index >= 15 is 0 Å². The zero-order valence-corrected chi connectivity index (χ0v) is 16.4. The van der Waals surface area contributed by atoms with Gasteiger partial charge in [-0.3, -0.25) is 4.79 Å². The van der Waals surface area contributed by atoms with Crippen molar-refractivity contribution in [1.82, 2.24) is 0 Å². The van der Waals surface area contributed by atoms with E-state index in [1.54, 1.807) is 12.1 Å². The van der Waals surface area contributed by atoms with Gasteiger partial charge in [0.2, 0.25) is 0 Å². The summed E-state index contributed by atoms with van der Waals surface area (Å²) in [6.45, 7) is 4.92. The highest BCUT2D eigenvalue weighted by Gasteiger charge is 2.08. The average molecular weight is 437 g/mol. The molecule has 0 atom stereocenters. The summed E-state index contributed by atoms with van der Waals surface area (Å²) in [7, 11) is 0. The van der Waals surface area contributed by atoms with Crippen molar-refractivity contribution in [3.8, 4) is 5.75 Å². The highest BCUT2D eigenvalue weighted by molar-refractivity contribution is 14.1. The first-order valence-corrected chi connectivity index (χ1v) is 9.48. The maximum Gasteiger partial charge on any atom is 0.255 e. The lowest BCUT2D eigenvalue weighted by atomic mass is 10.1. The van der Waals surface area contributed by atoms with Gasteiger partial charge < -0.3 is 10.1 Å². The van der Waals surface area contributed by atoms with E-state index in [0.29, 0.717) is 5.56 Å². The van der Waals surface area contributed by atoms with Crippen LogP contribution in [0, 0.1) is 10.5 Å². The molecular weight excluding hydrogens is 413 g/mol. The number of hydrogen-bond acceptors (Lipinski definition) is 2. The molecule has 2 aromatic carbocycles. The van der Waals surface area contributed by atoms with Crippen LogP contribution in [-0.4, -0.2) is 12.5 Å². The van der Waals surface area contributed by atoms with Gasteiger partial charge in [-0.1, -0.05) is 26.2 Å². The largest absolute Gasteiger partial charge is 0.494 e. The number of hydrogen-bond donors (Lipinski definition) is 1. The van der Waals surface area contributed by atoms with Gasteiger partial charge in [-0.05, 0) is 84.0 Å². The van der Waals surface area contributed by atoms with Crippen molar-refractivity contribution in [2.45, 2.75) is 39.5 Å². The summed E-state index contributed by atoms with van der Waals surface area (Å²) in [4.78, 5) is 12.3. The van der Waals surface area contributed by atoms with E-state index in [0.717, 1.165) is 33.6 Å². The number of unbranched alkanes of at least 4 members (excludes halogenated alkanes) is 3. The minimum Gasteiger partial charge on any atom is -0.494 e. The monoisotopic (exact) mass is 437 g/mol. The van der Waals surface area contributed by atoms with Crippen molar-refractivity contribution in [2.24, 2.45) is 0 Å². The molecule has 0 fully saturated rings. The molecule has 0 aliphatic heterocycles. The molecule has 128 valence electrons. The lowest BCUT2D eigenvalue weighted by molar-refractivity contribution is 0.102. The van der Waals surface area contributed by atoms with E-state index in [4.69, 9.17) is 4.74 Å². The molecule has 3 nitrogen and oxygen atoms in total. The molecule has 24 heavy (non-hydrogen) atoms. The lowest BCUT2D eigenvalue weighted by Crippen LogP contribution is -2.12. The molecule has 2 rings (SSSR count). The highest BCUT2D eigenvalue weighted by atomic mass is 127. The van der Waals surface area contributed by atoms with E-state index in [2.05, 4.69) is 34.8 Å². The van der Waals surface area contributed by atoms with Crippen LogP contribution in [0.2, 0.25) is 0 Å². The SMILES string of the molecule is CCCCCCOc1ccc(C(=O)Nc2ccc(I)cc2C)cc1. The number of nitrogens with one attached hydrogen (secondary N) is 1. The molecule has 1 amide bonds. The first-order chi connectivity index (χ1) is 11.6. The second kappa shape index (κ2) is 9.67. The van der Waals surface area contributed by atoms with E-state index in [1.165, 1.54) is 19.3 Å². The number of benzene rings is 2. The van der Waals surface area contributed by atoms with Gasteiger partial charge >= 0.3 is 0 Å². The molecule has 0 aliphatic rings. The predicted octanol–water partition coefficient (Wildman–Crippen LogP) is 5.81. The Labute approximate surface area is 157 Å². The molecule has 0 aliphatic carbocycles. The third-order valence-corrected chi connectivity index (χ3v) is 4.49. The summed E-state index contributed by atoms with van der Waals surface area (Å²) >= 11 is 2.26. The number of aryl methyl sites for hydroxylation is 1. The number of carbonyl (C=O) groups is 1. The zero-order valence-electron chi connectivity index (χ0n) is 14.3. The minimum absolute atomic E-state index is 0.103. The topological polar surface area (TPSA) is 38.3 Å². The summed E-state index contributed by atoms with van der Waals surface area (Å²) in [5.41, 5.74) is 2.53. The second-order valence-electron chi connectivity index (χ2n) is 5.85. The summed E-state index contributed by atoms with van der Waals surface area (Å²) in [6, 6.07) is 13.3. The average Bonchev–Trinajstić information content (AvgIpc) is 2.57. The summed E-state index contributed by atoms with van der Waals surface area (Å²) in [5.74, 6) is 0.710. The molecule has 0 saturated heterocycles. The number of carbonyl (C=O) groups excluding carboxylic acids is 1. The van der Waals surface area contributed by atoms with Crippen molar-refractivity contribution in [3.05, 3.63) is 57.2 Å². The fourth-order valence-electron chi connectivity index (χ4n) is 2.38. The molecular formula is C20H24INO2. The van der Waals surface area contributed by atoms with Crippen LogP contribution < -0.4 is 10.1 Å². The molecule has 0 aromatic heterocycles. The summed E-state index contributed by atoms with van der Waals surface area (Å²) < 4.78 is 6.86. The van der Waals surface area contributed by atoms with Gasteiger partial charge in [0.25, 0.3) is 5.91 Å². The Bertz CT molecular complexity index is 668. The zero-order chi connectivity index (χ0) is 17.4. The van der Waals surface area contributed by atoms with Crippen LogP contribution in [0.1, 0.15) is 48.5 Å². The van der Waals surface area contributed by atoms with Gasteiger partial charge in [-0.25, -0.2) is 0 Å². The highest BCUT2D eigenvalue weighted by Crippen LogP contribution is 2.19. The van der Waals surface area contributed by atoms with Crippen LogP contribution in [0.15, 0.2) is 42.5 Å². The summed E-state index contributed by atoms with van der Waals surface area (Å²) in [5, 5.41) is 2.96. The normalized spacial score (nSPS) is 10.5. The van der Waals surface area contributed by atoms with Crippen LogP contribution in [0.5, 0.6) is 5.75 Å². The van der Waals surface area contributed by atoms with Gasteiger partial charge in [0, 0.05) is 14.8 Å². The quantitative estimate of drug-likeness (QED) is 0.418. The van der Waals surface area contributed by atoms with Crippen molar-refractivity contribution in [2.75, 3.05) is 11.9 Å². The fourth-order valence-corrected chi connectivity index (χ4v) is 3.03. The maximum absolute atomic E-state index is 12.3. The molecule has 0 heterocycles. The molecule has 4 heteroatoms. The molecule has 2 aromatic rings. The van der Waals surface area contributed by atoms with Crippen LogP contribution in [0.4, 0.5) is 5.69 Å². The van der Waals surface area contributed by atoms with Gasteiger partial charge in [0.1, 0.15) is 5.75 Å². The Morgan fingerprint density at radius 3 is 2.50 bits per heavy atom. The molecule has 0 saturated carbocycles. The first-order valence-electron chi connectivity index (χ1n) is 8.40. The van der Waals surface area contributed by atoms with E-state index in [9.17, 15) is 4.79 Å². The minimum atomic E-state index is -0.103. The van der Waals surface area contributed by atoms with Gasteiger partial charge in [-0.2, -0.15) is 0 Å². The number of halogens is 1. The standard InChI is InChI=1S/C20H24INO2/c1-3-4-5-6-13-24-18-10-7-16(8-11-18)20(23)22-19-12-9-17(21)14-15(19)2/h7-12,14H,3-6,13H2,1-2H3,(H,22,23). The van der Waals surface area contributed by atoms with Gasteiger partial charge in [-0.15, -0.1) is 0 Å². The first kappa shape index (κ1) is 18.8. The maximum atomic E-state index is 12.3. The van der Waals surface area contributed by atoms with Gasteiger partial charge in [0.05, 0.1) is 6.61 Å². The van der Waals surface area contributed by atoms with Crippen LogP contribution in [0.25, 0.3) is 0 Å². The fraction of sp³-hybridized carbons (Fsp3) is 0.350. The third-order valence-electron chi connectivity index (χ3n) is 3.82. The Balaban J connectivity index is 1.89.